The second-order valence-electron chi connectivity index (χ2n) is 7.18. The molecule has 0 unspecified atom stereocenters. The van der Waals surface area contributed by atoms with Crippen molar-refractivity contribution in [3.63, 3.8) is 0 Å². The van der Waals surface area contributed by atoms with Gasteiger partial charge < -0.3 is 10.2 Å². The molecule has 0 saturated heterocycles. The molecule has 2 aromatic rings. The van der Waals surface area contributed by atoms with E-state index in [0.29, 0.717) is 27.8 Å². The highest BCUT2D eigenvalue weighted by molar-refractivity contribution is 6.35. The van der Waals surface area contributed by atoms with Crippen LogP contribution in [0.25, 0.3) is 0 Å². The van der Waals surface area contributed by atoms with E-state index in [2.05, 4.69) is 5.32 Å². The van der Waals surface area contributed by atoms with E-state index in [1.807, 2.05) is 20.8 Å². The van der Waals surface area contributed by atoms with Gasteiger partial charge in [-0.1, -0.05) is 56.1 Å². The minimum Gasteiger partial charge on any atom is -0.337 e. The third kappa shape index (κ3) is 5.23. The van der Waals surface area contributed by atoms with Gasteiger partial charge in [0.2, 0.25) is 5.91 Å². The number of hydrogen-bond donors (Lipinski definition) is 1. The Balaban J connectivity index is 2.13. The monoisotopic (exact) mass is 392 g/mol. The largest absolute Gasteiger partial charge is 0.337 e. The van der Waals surface area contributed by atoms with Crippen molar-refractivity contribution in [3.8, 4) is 0 Å². The summed E-state index contributed by atoms with van der Waals surface area (Å²) in [4.78, 5) is 26.4. The van der Waals surface area contributed by atoms with Crippen molar-refractivity contribution >= 4 is 40.7 Å². The zero-order valence-corrected chi connectivity index (χ0v) is 16.8. The molecule has 138 valence electrons. The van der Waals surface area contributed by atoms with E-state index in [1.165, 1.54) is 0 Å². The fourth-order valence-electron chi connectivity index (χ4n) is 2.25. The number of nitrogens with one attached hydrogen (secondary N) is 1. The molecular formula is C20H22Cl2N2O2. The van der Waals surface area contributed by atoms with Gasteiger partial charge in [-0.3, -0.25) is 9.59 Å². The molecule has 0 saturated carbocycles. The maximum Gasteiger partial charge on any atom is 0.253 e. The van der Waals surface area contributed by atoms with Crippen molar-refractivity contribution in [1.29, 1.82) is 0 Å². The van der Waals surface area contributed by atoms with Crippen LogP contribution in [0.4, 0.5) is 5.69 Å². The Morgan fingerprint density at radius 2 is 1.77 bits per heavy atom. The average Bonchev–Trinajstić information content (AvgIpc) is 2.56. The van der Waals surface area contributed by atoms with Crippen LogP contribution in [0.2, 0.25) is 10.0 Å². The highest BCUT2D eigenvalue weighted by atomic mass is 35.5. The van der Waals surface area contributed by atoms with Gasteiger partial charge in [0, 0.05) is 40.3 Å². The molecule has 26 heavy (non-hydrogen) atoms. The van der Waals surface area contributed by atoms with Gasteiger partial charge in [-0.2, -0.15) is 0 Å². The molecule has 0 atom stereocenters. The van der Waals surface area contributed by atoms with Gasteiger partial charge in [0.05, 0.1) is 0 Å². The Morgan fingerprint density at radius 1 is 1.08 bits per heavy atom. The Morgan fingerprint density at radius 3 is 2.38 bits per heavy atom. The van der Waals surface area contributed by atoms with Gasteiger partial charge in [0.15, 0.2) is 0 Å². The van der Waals surface area contributed by atoms with E-state index in [1.54, 1.807) is 54.4 Å². The summed E-state index contributed by atoms with van der Waals surface area (Å²) in [5.74, 6) is -0.272. The van der Waals surface area contributed by atoms with Gasteiger partial charge in [-0.15, -0.1) is 0 Å². The van der Waals surface area contributed by atoms with Gasteiger partial charge in [-0.25, -0.2) is 0 Å². The lowest BCUT2D eigenvalue weighted by Gasteiger charge is -2.20. The molecule has 2 rings (SSSR count). The number of halogens is 2. The van der Waals surface area contributed by atoms with E-state index in [-0.39, 0.29) is 11.8 Å². The first kappa shape index (κ1) is 20.3. The first-order valence-electron chi connectivity index (χ1n) is 8.19. The number of amides is 2. The molecule has 0 aromatic heterocycles. The second-order valence-corrected chi connectivity index (χ2v) is 8.03. The van der Waals surface area contributed by atoms with Crippen LogP contribution >= 0.6 is 23.2 Å². The minimum atomic E-state index is -0.512. The van der Waals surface area contributed by atoms with Gasteiger partial charge in [0.1, 0.15) is 0 Å². The van der Waals surface area contributed by atoms with Crippen LogP contribution in [0.5, 0.6) is 0 Å². The molecule has 0 aliphatic rings. The van der Waals surface area contributed by atoms with E-state index < -0.39 is 5.41 Å². The van der Waals surface area contributed by atoms with Crippen molar-refractivity contribution in [1.82, 2.24) is 4.90 Å². The molecule has 0 fully saturated rings. The molecule has 0 spiro atoms. The Hall–Kier alpha value is -2.04. The van der Waals surface area contributed by atoms with Crippen molar-refractivity contribution in [2.24, 2.45) is 5.41 Å². The molecule has 2 aromatic carbocycles. The molecule has 0 radical (unpaired) electrons. The van der Waals surface area contributed by atoms with Gasteiger partial charge >= 0.3 is 0 Å². The SMILES string of the molecule is CN(Cc1ccc(Cl)cc1Cl)C(=O)c1cccc(NC(=O)C(C)(C)C)c1. The summed E-state index contributed by atoms with van der Waals surface area (Å²) < 4.78 is 0. The number of carbonyl (C=O) groups is 2. The molecule has 4 nitrogen and oxygen atoms in total. The van der Waals surface area contributed by atoms with E-state index in [0.717, 1.165) is 5.56 Å². The first-order chi connectivity index (χ1) is 12.1. The Kier molecular flexibility index (Phi) is 6.32. The zero-order chi connectivity index (χ0) is 19.5. The van der Waals surface area contributed by atoms with Crippen LogP contribution in [0, 0.1) is 5.41 Å². The average molecular weight is 393 g/mol. The maximum atomic E-state index is 12.7. The summed E-state index contributed by atoms with van der Waals surface area (Å²) in [6.07, 6.45) is 0. The van der Waals surface area contributed by atoms with Crippen molar-refractivity contribution < 1.29 is 9.59 Å². The second kappa shape index (κ2) is 8.11. The summed E-state index contributed by atoms with van der Waals surface area (Å²) in [6, 6.07) is 12.1. The summed E-state index contributed by atoms with van der Waals surface area (Å²) in [6.45, 7) is 5.86. The first-order valence-corrected chi connectivity index (χ1v) is 8.94. The molecule has 0 aliphatic carbocycles. The fraction of sp³-hybridized carbons (Fsp3) is 0.300. The molecule has 1 N–H and O–H groups in total. The van der Waals surface area contributed by atoms with Crippen LogP contribution < -0.4 is 5.32 Å². The third-order valence-corrected chi connectivity index (χ3v) is 4.40. The number of rotatable bonds is 4. The number of benzene rings is 2. The van der Waals surface area contributed by atoms with Gasteiger partial charge in [-0.05, 0) is 35.9 Å². The van der Waals surface area contributed by atoms with Crippen LogP contribution in [0.15, 0.2) is 42.5 Å². The van der Waals surface area contributed by atoms with Crippen molar-refractivity contribution in [2.45, 2.75) is 27.3 Å². The molecule has 2 amide bonds. The smallest absolute Gasteiger partial charge is 0.253 e. The van der Waals surface area contributed by atoms with Crippen LogP contribution in [-0.4, -0.2) is 23.8 Å². The predicted octanol–water partition coefficient (Wildman–Crippen LogP) is 5.25. The van der Waals surface area contributed by atoms with Crippen LogP contribution in [0.3, 0.4) is 0 Å². The van der Waals surface area contributed by atoms with Crippen LogP contribution in [0.1, 0.15) is 36.7 Å². The zero-order valence-electron chi connectivity index (χ0n) is 15.3. The number of nitrogens with zero attached hydrogens (tertiary/aromatic N) is 1. The Labute approximate surface area is 164 Å². The lowest BCUT2D eigenvalue weighted by molar-refractivity contribution is -0.123. The standard InChI is InChI=1S/C20H22Cl2N2O2/c1-20(2,3)19(26)23-16-7-5-6-13(10-16)18(25)24(4)12-14-8-9-15(21)11-17(14)22/h5-11H,12H2,1-4H3,(H,23,26). The van der Waals surface area contributed by atoms with E-state index >= 15 is 0 Å². The summed E-state index contributed by atoms with van der Waals surface area (Å²) in [7, 11) is 1.70. The molecule has 0 aliphatic heterocycles. The highest BCUT2D eigenvalue weighted by Gasteiger charge is 2.21. The molecule has 0 heterocycles. The fourth-order valence-corrected chi connectivity index (χ4v) is 2.71. The van der Waals surface area contributed by atoms with Crippen LogP contribution in [-0.2, 0) is 11.3 Å². The number of carbonyl (C=O) groups excluding carboxylic acids is 2. The third-order valence-electron chi connectivity index (χ3n) is 3.82. The normalized spacial score (nSPS) is 11.2. The van der Waals surface area contributed by atoms with Crippen molar-refractivity contribution in [3.05, 3.63) is 63.6 Å². The van der Waals surface area contributed by atoms with Crippen molar-refractivity contribution in [2.75, 3.05) is 12.4 Å². The quantitative estimate of drug-likeness (QED) is 0.771. The van der Waals surface area contributed by atoms with Gasteiger partial charge in [0.25, 0.3) is 5.91 Å². The highest BCUT2D eigenvalue weighted by Crippen LogP contribution is 2.23. The summed E-state index contributed by atoms with van der Waals surface area (Å²) >= 11 is 12.1. The van der Waals surface area contributed by atoms with E-state index in [4.69, 9.17) is 23.2 Å². The maximum absolute atomic E-state index is 12.7. The minimum absolute atomic E-state index is 0.108. The lowest BCUT2D eigenvalue weighted by atomic mass is 9.95. The topological polar surface area (TPSA) is 49.4 Å². The predicted molar refractivity (Wildman–Crippen MR) is 107 cm³/mol. The molecule has 0 bridgehead atoms. The molecular weight excluding hydrogens is 371 g/mol. The Bertz CT molecular complexity index is 829. The summed E-state index contributed by atoms with van der Waals surface area (Å²) in [5, 5.41) is 3.90. The lowest BCUT2D eigenvalue weighted by Crippen LogP contribution is -2.28. The number of hydrogen-bond acceptors (Lipinski definition) is 2. The van der Waals surface area contributed by atoms with E-state index in [9.17, 15) is 9.59 Å². The number of anilines is 1. The summed E-state index contributed by atoms with van der Waals surface area (Å²) in [5.41, 5.74) is 1.38. The molecule has 6 heteroatoms.